The van der Waals surface area contributed by atoms with Crippen LogP contribution >= 0.6 is 0 Å². The van der Waals surface area contributed by atoms with Gasteiger partial charge in [-0.25, -0.2) is 17.7 Å². The van der Waals surface area contributed by atoms with E-state index < -0.39 is 10.0 Å². The number of nitrogens with zero attached hydrogens (tertiary/aromatic N) is 3. The summed E-state index contributed by atoms with van der Waals surface area (Å²) < 4.78 is 25.1. The van der Waals surface area contributed by atoms with Crippen molar-refractivity contribution in [3.05, 3.63) is 18.3 Å². The Morgan fingerprint density at radius 2 is 2.15 bits per heavy atom. The van der Waals surface area contributed by atoms with Crippen LogP contribution in [0.1, 0.15) is 13.3 Å². The molecule has 7 heteroatoms. The lowest BCUT2D eigenvalue weighted by molar-refractivity contribution is 0.488. The van der Waals surface area contributed by atoms with Gasteiger partial charge < -0.3 is 10.6 Å². The van der Waals surface area contributed by atoms with Gasteiger partial charge in [0.15, 0.2) is 0 Å². The third-order valence-electron chi connectivity index (χ3n) is 3.79. The van der Waals surface area contributed by atoms with Crippen LogP contribution in [0.4, 0.5) is 5.82 Å². The van der Waals surface area contributed by atoms with Crippen LogP contribution in [0.25, 0.3) is 0 Å². The molecule has 0 saturated carbocycles. The minimum atomic E-state index is -3.41. The summed E-state index contributed by atoms with van der Waals surface area (Å²) in [5.74, 6) is 1.29. The van der Waals surface area contributed by atoms with Crippen LogP contribution in [-0.4, -0.2) is 50.9 Å². The van der Waals surface area contributed by atoms with E-state index in [1.54, 1.807) is 12.1 Å². The Kier molecular flexibility index (Phi) is 4.31. The van der Waals surface area contributed by atoms with Crippen molar-refractivity contribution >= 4 is 15.8 Å². The Balaban J connectivity index is 2.14. The van der Waals surface area contributed by atoms with E-state index in [9.17, 15) is 8.42 Å². The molecule has 1 fully saturated rings. The topological polar surface area (TPSA) is 79.5 Å². The van der Waals surface area contributed by atoms with Gasteiger partial charge in [0.2, 0.25) is 10.0 Å². The van der Waals surface area contributed by atoms with Gasteiger partial charge in [-0.15, -0.1) is 0 Å². The van der Waals surface area contributed by atoms with E-state index in [0.29, 0.717) is 5.92 Å². The van der Waals surface area contributed by atoms with Crippen LogP contribution in [-0.2, 0) is 10.0 Å². The van der Waals surface area contributed by atoms with Crippen molar-refractivity contribution in [2.24, 2.45) is 11.7 Å². The van der Waals surface area contributed by atoms with Gasteiger partial charge in [0.05, 0.1) is 0 Å². The van der Waals surface area contributed by atoms with Gasteiger partial charge in [-0.3, -0.25) is 0 Å². The van der Waals surface area contributed by atoms with E-state index in [-0.39, 0.29) is 10.9 Å². The van der Waals surface area contributed by atoms with Crippen LogP contribution in [0.5, 0.6) is 0 Å². The molecule has 2 heterocycles. The molecule has 1 aliphatic rings. The molecule has 2 N–H and O–H groups in total. The first-order valence-corrected chi connectivity index (χ1v) is 8.15. The highest BCUT2D eigenvalue weighted by Crippen LogP contribution is 2.24. The Morgan fingerprint density at radius 1 is 1.45 bits per heavy atom. The van der Waals surface area contributed by atoms with Gasteiger partial charge in [0.25, 0.3) is 0 Å². The third kappa shape index (κ3) is 2.94. The summed E-state index contributed by atoms with van der Waals surface area (Å²) >= 11 is 0. The van der Waals surface area contributed by atoms with E-state index in [0.717, 1.165) is 25.3 Å². The van der Waals surface area contributed by atoms with E-state index in [4.69, 9.17) is 5.73 Å². The zero-order chi connectivity index (χ0) is 14.9. The van der Waals surface area contributed by atoms with Crippen LogP contribution in [0, 0.1) is 5.92 Å². The molecule has 2 atom stereocenters. The van der Waals surface area contributed by atoms with Gasteiger partial charge in [-0.05, 0) is 31.4 Å². The average Bonchev–Trinajstić information content (AvgIpc) is 2.88. The smallest absolute Gasteiger partial charge is 0.244 e. The summed E-state index contributed by atoms with van der Waals surface area (Å²) in [6, 6.07) is 3.55. The first-order chi connectivity index (χ1) is 9.32. The van der Waals surface area contributed by atoms with Crippen molar-refractivity contribution in [3.63, 3.8) is 0 Å². The van der Waals surface area contributed by atoms with Gasteiger partial charge in [-0.1, -0.05) is 0 Å². The number of pyridine rings is 1. The Bertz CT molecular complexity index is 554. The molecule has 1 aromatic rings. The maximum absolute atomic E-state index is 12.0. The molecular weight excluding hydrogens is 276 g/mol. The Morgan fingerprint density at radius 3 is 2.60 bits per heavy atom. The molecule has 20 heavy (non-hydrogen) atoms. The number of anilines is 1. The molecule has 0 aliphatic carbocycles. The second-order valence-electron chi connectivity index (χ2n) is 5.49. The second kappa shape index (κ2) is 5.67. The molecule has 1 saturated heterocycles. The maximum Gasteiger partial charge on any atom is 0.244 e. The van der Waals surface area contributed by atoms with Gasteiger partial charge in [-0.2, -0.15) is 0 Å². The first-order valence-electron chi connectivity index (χ1n) is 6.71. The van der Waals surface area contributed by atoms with Crippen LogP contribution < -0.4 is 10.6 Å². The summed E-state index contributed by atoms with van der Waals surface area (Å²) in [5, 5.41) is 0. The van der Waals surface area contributed by atoms with Crippen molar-refractivity contribution in [2.45, 2.75) is 24.3 Å². The van der Waals surface area contributed by atoms with E-state index >= 15 is 0 Å². The standard InChI is InChI=1S/C13H22N4O2S/c1-10(14)11-6-7-17(9-11)13-5-4-12(8-15-13)20(18,19)16(2)3/h4-5,8,10-11H,6-7,9,14H2,1-3H3. The van der Waals surface area contributed by atoms with E-state index in [2.05, 4.69) is 9.88 Å². The molecule has 2 rings (SSSR count). The SMILES string of the molecule is CC(N)C1CCN(c2ccc(S(=O)(=O)N(C)C)cn2)C1. The number of hydrogen-bond donors (Lipinski definition) is 1. The quantitative estimate of drug-likeness (QED) is 0.876. The highest BCUT2D eigenvalue weighted by Gasteiger charge is 2.26. The highest BCUT2D eigenvalue weighted by molar-refractivity contribution is 7.89. The number of aromatic nitrogens is 1. The fraction of sp³-hybridized carbons (Fsp3) is 0.615. The molecule has 0 bridgehead atoms. The molecule has 0 amide bonds. The number of nitrogens with two attached hydrogens (primary N) is 1. The molecule has 1 aliphatic heterocycles. The third-order valence-corrected chi connectivity index (χ3v) is 5.59. The molecule has 112 valence electrons. The van der Waals surface area contributed by atoms with Crippen molar-refractivity contribution in [3.8, 4) is 0 Å². The highest BCUT2D eigenvalue weighted by atomic mass is 32.2. The largest absolute Gasteiger partial charge is 0.356 e. The fourth-order valence-electron chi connectivity index (χ4n) is 2.35. The second-order valence-corrected chi connectivity index (χ2v) is 7.65. The first kappa shape index (κ1) is 15.2. The van der Waals surface area contributed by atoms with Crippen LogP contribution in [0.3, 0.4) is 0 Å². The van der Waals surface area contributed by atoms with Crippen molar-refractivity contribution in [1.29, 1.82) is 0 Å². The lowest BCUT2D eigenvalue weighted by Gasteiger charge is -2.19. The summed E-state index contributed by atoms with van der Waals surface area (Å²) in [6.45, 7) is 3.82. The van der Waals surface area contributed by atoms with Gasteiger partial charge >= 0.3 is 0 Å². The monoisotopic (exact) mass is 298 g/mol. The molecule has 0 radical (unpaired) electrons. The zero-order valence-corrected chi connectivity index (χ0v) is 13.0. The predicted molar refractivity (Wildman–Crippen MR) is 79.1 cm³/mol. The van der Waals surface area contributed by atoms with E-state index in [1.165, 1.54) is 24.6 Å². The minimum absolute atomic E-state index is 0.174. The molecule has 2 unspecified atom stereocenters. The Labute approximate surface area is 120 Å². The van der Waals surface area contributed by atoms with Crippen molar-refractivity contribution in [1.82, 2.24) is 9.29 Å². The zero-order valence-electron chi connectivity index (χ0n) is 12.2. The summed E-state index contributed by atoms with van der Waals surface area (Å²) in [6.07, 6.45) is 2.47. The Hall–Kier alpha value is -1.18. The van der Waals surface area contributed by atoms with Gasteiger partial charge in [0, 0.05) is 39.4 Å². The fourth-order valence-corrected chi connectivity index (χ4v) is 3.20. The number of hydrogen-bond acceptors (Lipinski definition) is 5. The molecule has 6 nitrogen and oxygen atoms in total. The number of sulfonamides is 1. The number of rotatable bonds is 4. The maximum atomic E-state index is 12.0. The van der Waals surface area contributed by atoms with Gasteiger partial charge in [0.1, 0.15) is 10.7 Å². The molecule has 1 aromatic heterocycles. The summed E-state index contributed by atoms with van der Waals surface area (Å²) in [7, 11) is -0.387. The predicted octanol–water partition coefficient (Wildman–Crippen LogP) is 0.505. The molecular formula is C13H22N4O2S. The van der Waals surface area contributed by atoms with Crippen molar-refractivity contribution < 1.29 is 8.42 Å². The molecule has 0 spiro atoms. The van der Waals surface area contributed by atoms with Crippen LogP contribution in [0.2, 0.25) is 0 Å². The van der Waals surface area contributed by atoms with Crippen molar-refractivity contribution in [2.75, 3.05) is 32.1 Å². The van der Waals surface area contributed by atoms with Crippen LogP contribution in [0.15, 0.2) is 23.2 Å². The summed E-state index contributed by atoms with van der Waals surface area (Å²) in [5.41, 5.74) is 5.92. The minimum Gasteiger partial charge on any atom is -0.356 e. The van der Waals surface area contributed by atoms with E-state index in [1.807, 2.05) is 6.92 Å². The average molecular weight is 298 g/mol. The summed E-state index contributed by atoms with van der Waals surface area (Å²) in [4.78, 5) is 6.65. The lowest BCUT2D eigenvalue weighted by Crippen LogP contribution is -2.30. The molecule has 0 aromatic carbocycles. The normalized spacial score (nSPS) is 21.4. The lowest BCUT2D eigenvalue weighted by atomic mass is 10.0.